The minimum absolute atomic E-state index is 0.172. The predicted octanol–water partition coefficient (Wildman–Crippen LogP) is 2.36. The van der Waals surface area contributed by atoms with Gasteiger partial charge in [0.05, 0.1) is 18.0 Å². The van der Waals surface area contributed by atoms with Crippen molar-refractivity contribution < 1.29 is 9.32 Å². The van der Waals surface area contributed by atoms with Gasteiger partial charge in [-0.1, -0.05) is 41.6 Å². The number of nitrogens with zero attached hydrogens (tertiary/aromatic N) is 6. The average Bonchev–Trinajstić information content (AvgIpc) is 3.54. The Morgan fingerprint density at radius 1 is 0.970 bits per heavy atom. The van der Waals surface area contributed by atoms with Crippen molar-refractivity contribution in [1.29, 1.82) is 0 Å². The second-order valence-electron chi connectivity index (χ2n) is 7.76. The van der Waals surface area contributed by atoms with Crippen LogP contribution in [0.25, 0.3) is 10.7 Å². The van der Waals surface area contributed by atoms with Gasteiger partial charge in [0.1, 0.15) is 5.69 Å². The molecule has 3 aromatic heterocycles. The van der Waals surface area contributed by atoms with E-state index in [1.807, 2.05) is 47.8 Å². The zero-order valence-electron chi connectivity index (χ0n) is 17.8. The Balaban J connectivity index is 1.19. The molecular formula is C23H22N6O3S. The van der Waals surface area contributed by atoms with Gasteiger partial charge < -0.3 is 9.42 Å². The molecular weight excluding hydrogens is 440 g/mol. The number of piperazine rings is 1. The molecule has 1 aliphatic rings. The molecule has 4 aromatic rings. The van der Waals surface area contributed by atoms with E-state index in [1.165, 1.54) is 16.8 Å². The van der Waals surface area contributed by atoms with Crippen molar-refractivity contribution in [2.24, 2.45) is 0 Å². The average molecular weight is 463 g/mol. The molecule has 0 radical (unpaired) electrons. The van der Waals surface area contributed by atoms with Crippen molar-refractivity contribution in [2.45, 2.75) is 13.1 Å². The number of hydrogen-bond donors (Lipinski definition) is 0. The number of rotatable bonds is 6. The first-order valence-electron chi connectivity index (χ1n) is 10.7. The van der Waals surface area contributed by atoms with Crippen LogP contribution in [0.4, 0.5) is 0 Å². The highest BCUT2D eigenvalue weighted by Gasteiger charge is 2.25. The van der Waals surface area contributed by atoms with Crippen molar-refractivity contribution in [2.75, 3.05) is 26.2 Å². The van der Waals surface area contributed by atoms with Crippen LogP contribution in [-0.2, 0) is 13.1 Å². The molecule has 0 spiro atoms. The number of aromatic nitrogens is 4. The van der Waals surface area contributed by atoms with E-state index in [2.05, 4.69) is 20.1 Å². The lowest BCUT2D eigenvalue weighted by atomic mass is 10.2. The van der Waals surface area contributed by atoms with E-state index in [0.717, 1.165) is 10.4 Å². The second kappa shape index (κ2) is 9.47. The molecule has 9 nitrogen and oxygen atoms in total. The highest BCUT2D eigenvalue weighted by atomic mass is 32.1. The van der Waals surface area contributed by atoms with Crippen molar-refractivity contribution in [3.05, 3.63) is 87.5 Å². The van der Waals surface area contributed by atoms with Gasteiger partial charge in [-0.3, -0.25) is 14.5 Å². The third-order valence-electron chi connectivity index (χ3n) is 5.49. The smallest absolute Gasteiger partial charge is 0.274 e. The Morgan fingerprint density at radius 2 is 1.79 bits per heavy atom. The fourth-order valence-corrected chi connectivity index (χ4v) is 4.37. The molecule has 4 heterocycles. The minimum atomic E-state index is -0.235. The molecule has 0 saturated carbocycles. The van der Waals surface area contributed by atoms with Gasteiger partial charge in [0.15, 0.2) is 0 Å². The Labute approximate surface area is 193 Å². The molecule has 5 rings (SSSR count). The van der Waals surface area contributed by atoms with E-state index < -0.39 is 0 Å². The predicted molar refractivity (Wildman–Crippen MR) is 123 cm³/mol. The topological polar surface area (TPSA) is 97.4 Å². The largest absolute Gasteiger partial charge is 0.338 e. The normalized spacial score (nSPS) is 14.5. The lowest BCUT2D eigenvalue weighted by Gasteiger charge is -2.33. The third-order valence-corrected chi connectivity index (χ3v) is 6.35. The zero-order valence-corrected chi connectivity index (χ0v) is 18.6. The van der Waals surface area contributed by atoms with Crippen LogP contribution in [0.15, 0.2) is 69.3 Å². The number of hydrogen-bond acceptors (Lipinski definition) is 8. The third kappa shape index (κ3) is 4.91. The zero-order chi connectivity index (χ0) is 22.6. The maximum Gasteiger partial charge on any atom is 0.274 e. The van der Waals surface area contributed by atoms with Gasteiger partial charge in [-0.05, 0) is 23.1 Å². The summed E-state index contributed by atoms with van der Waals surface area (Å²) < 4.78 is 6.72. The summed E-state index contributed by atoms with van der Waals surface area (Å²) in [7, 11) is 0. The molecule has 0 unspecified atom stereocenters. The second-order valence-corrected chi connectivity index (χ2v) is 8.71. The Kier molecular flexibility index (Phi) is 6.09. The molecule has 0 aliphatic carbocycles. The van der Waals surface area contributed by atoms with Gasteiger partial charge in [0, 0.05) is 32.2 Å². The van der Waals surface area contributed by atoms with E-state index >= 15 is 0 Å². The van der Waals surface area contributed by atoms with E-state index in [9.17, 15) is 9.59 Å². The molecule has 1 saturated heterocycles. The first-order chi connectivity index (χ1) is 16.2. The van der Waals surface area contributed by atoms with E-state index in [4.69, 9.17) is 4.52 Å². The summed E-state index contributed by atoms with van der Waals surface area (Å²) in [6.07, 6.45) is 0. The van der Waals surface area contributed by atoms with E-state index in [0.29, 0.717) is 51.0 Å². The van der Waals surface area contributed by atoms with Crippen LogP contribution in [0.5, 0.6) is 0 Å². The molecule has 1 fully saturated rings. The maximum atomic E-state index is 13.0. The van der Waals surface area contributed by atoms with Crippen molar-refractivity contribution in [3.8, 4) is 10.7 Å². The molecule has 0 N–H and O–H groups in total. The molecule has 168 valence electrons. The van der Waals surface area contributed by atoms with Crippen molar-refractivity contribution >= 4 is 17.2 Å². The summed E-state index contributed by atoms with van der Waals surface area (Å²) in [6.45, 7) is 3.36. The van der Waals surface area contributed by atoms with Gasteiger partial charge in [0.25, 0.3) is 11.5 Å². The molecule has 10 heteroatoms. The minimum Gasteiger partial charge on any atom is -0.338 e. The van der Waals surface area contributed by atoms with Crippen molar-refractivity contribution in [1.82, 2.24) is 29.7 Å². The van der Waals surface area contributed by atoms with Crippen LogP contribution in [0, 0.1) is 0 Å². The van der Waals surface area contributed by atoms with Gasteiger partial charge in [0.2, 0.25) is 11.7 Å². The highest BCUT2D eigenvalue weighted by Crippen LogP contribution is 2.21. The van der Waals surface area contributed by atoms with Crippen LogP contribution < -0.4 is 5.56 Å². The fourth-order valence-electron chi connectivity index (χ4n) is 3.72. The van der Waals surface area contributed by atoms with Crippen molar-refractivity contribution in [3.63, 3.8) is 0 Å². The lowest BCUT2D eigenvalue weighted by Crippen LogP contribution is -2.48. The summed E-state index contributed by atoms with van der Waals surface area (Å²) in [6, 6.07) is 16.4. The number of amides is 1. The fraction of sp³-hybridized carbons (Fsp3) is 0.261. The maximum absolute atomic E-state index is 13.0. The molecule has 1 aromatic carbocycles. The standard InChI is InChI=1S/C23H22N6O3S/c30-21-9-8-18(25-29(21)15-17-5-2-1-3-6-17)23(31)28-12-10-27(11-13-28)16-20-24-22(26-32-20)19-7-4-14-33-19/h1-9,14H,10-13,15-16H2. The summed E-state index contributed by atoms with van der Waals surface area (Å²) in [5, 5.41) is 10.3. The van der Waals surface area contributed by atoms with Gasteiger partial charge in [-0.2, -0.15) is 10.1 Å². The van der Waals surface area contributed by atoms with Crippen LogP contribution >= 0.6 is 11.3 Å². The van der Waals surface area contributed by atoms with Crippen LogP contribution in [-0.4, -0.2) is 61.8 Å². The summed E-state index contributed by atoms with van der Waals surface area (Å²) >= 11 is 1.57. The van der Waals surface area contributed by atoms with E-state index in [1.54, 1.807) is 16.2 Å². The van der Waals surface area contributed by atoms with Gasteiger partial charge >= 0.3 is 0 Å². The highest BCUT2D eigenvalue weighted by molar-refractivity contribution is 7.13. The van der Waals surface area contributed by atoms with Gasteiger partial charge in [-0.25, -0.2) is 4.68 Å². The number of carbonyl (C=O) groups excluding carboxylic acids is 1. The molecule has 1 aliphatic heterocycles. The number of thiophene rings is 1. The quantitative estimate of drug-likeness (QED) is 0.434. The number of benzene rings is 1. The SMILES string of the molecule is O=C(c1ccc(=O)n(Cc2ccccc2)n1)N1CCN(Cc2nc(-c3cccs3)no2)CC1. The molecule has 0 atom stereocenters. The molecule has 33 heavy (non-hydrogen) atoms. The molecule has 0 bridgehead atoms. The summed E-state index contributed by atoms with van der Waals surface area (Å²) in [5.74, 6) is 0.993. The van der Waals surface area contributed by atoms with Crippen LogP contribution in [0.2, 0.25) is 0 Å². The first-order valence-corrected chi connectivity index (χ1v) is 11.5. The molecule has 1 amide bonds. The Morgan fingerprint density at radius 3 is 2.55 bits per heavy atom. The number of carbonyl (C=O) groups is 1. The van der Waals surface area contributed by atoms with E-state index in [-0.39, 0.29) is 17.2 Å². The summed E-state index contributed by atoms with van der Waals surface area (Å²) in [4.78, 5) is 34.6. The lowest BCUT2D eigenvalue weighted by molar-refractivity contribution is 0.0607. The van der Waals surface area contributed by atoms with Crippen LogP contribution in [0.1, 0.15) is 21.9 Å². The van der Waals surface area contributed by atoms with Gasteiger partial charge in [-0.15, -0.1) is 11.3 Å². The first kappa shape index (κ1) is 21.2. The Hall–Kier alpha value is -3.63. The summed E-state index contributed by atoms with van der Waals surface area (Å²) in [5.41, 5.74) is 0.992. The Bertz CT molecular complexity index is 1280. The van der Waals surface area contributed by atoms with Crippen LogP contribution in [0.3, 0.4) is 0 Å². The monoisotopic (exact) mass is 462 g/mol.